The second kappa shape index (κ2) is 17.3. The fraction of sp³-hybridized carbons (Fsp3) is 0.442. The SMILES string of the molecule is CC[C@H](C)[C@H](NC(=O)OC)C(=O)N1CCC[C@@H]1c1ncc(-c2ccc3cc(-c4ccc5nc([C@@H]6CCCN6C(=O)[C@@H](NC(=O)OC)[C@@H](C)OC)[nH]c5c4)ccc3c2)[nH]1. The van der Waals surface area contributed by atoms with Crippen molar-refractivity contribution in [1.29, 1.82) is 0 Å². The van der Waals surface area contributed by atoms with Crippen LogP contribution in [0.4, 0.5) is 9.59 Å². The van der Waals surface area contributed by atoms with E-state index in [1.54, 1.807) is 11.8 Å². The van der Waals surface area contributed by atoms with Crippen LogP contribution in [0.1, 0.15) is 76.6 Å². The summed E-state index contributed by atoms with van der Waals surface area (Å²) in [4.78, 5) is 71.8. The minimum absolute atomic E-state index is 0.0600. The zero-order chi connectivity index (χ0) is 41.1. The molecule has 4 amide bonds. The van der Waals surface area contributed by atoms with Crippen molar-refractivity contribution in [2.75, 3.05) is 34.4 Å². The van der Waals surface area contributed by atoms with Gasteiger partial charge in [0.05, 0.1) is 55.3 Å². The Morgan fingerprint density at radius 3 is 1.97 bits per heavy atom. The van der Waals surface area contributed by atoms with Crippen molar-refractivity contribution in [3.8, 4) is 22.4 Å². The van der Waals surface area contributed by atoms with Crippen LogP contribution >= 0.6 is 0 Å². The monoisotopic (exact) mass is 792 g/mol. The molecule has 2 aliphatic heterocycles. The fourth-order valence-electron chi connectivity index (χ4n) is 8.17. The van der Waals surface area contributed by atoms with Crippen LogP contribution in [0.15, 0.2) is 60.8 Å². The van der Waals surface area contributed by atoms with Crippen molar-refractivity contribution in [3.05, 3.63) is 72.4 Å². The average Bonchev–Trinajstić information content (AvgIpc) is 4.09. The fourth-order valence-corrected chi connectivity index (χ4v) is 8.17. The molecule has 2 saturated heterocycles. The third-order valence-electron chi connectivity index (χ3n) is 11.8. The number of H-pyrrole nitrogens is 2. The van der Waals surface area contributed by atoms with Gasteiger partial charge < -0.3 is 44.6 Å². The van der Waals surface area contributed by atoms with Crippen molar-refractivity contribution >= 4 is 45.8 Å². The van der Waals surface area contributed by atoms with Crippen molar-refractivity contribution in [3.63, 3.8) is 0 Å². The minimum atomic E-state index is -0.901. The Bertz CT molecular complexity index is 2300. The molecule has 4 N–H and O–H groups in total. The van der Waals surface area contributed by atoms with Crippen LogP contribution in [0.25, 0.3) is 44.2 Å². The standard InChI is InChI=1S/C43H52N8O7/c1-7-24(2)36(48-42(54)57-5)40(52)50-18-8-10-34(50)38-44-23-33(47-38)30-15-14-26-20-27(12-13-28(26)21-30)29-16-17-31-32(22-29)46-39(45-31)35-11-9-19-51(35)41(53)37(25(3)56-4)49-43(55)58-6/h12-17,20-25,34-37H,7-11,18-19H2,1-6H3,(H,44,47)(H,45,46)(H,48,54)(H,49,55)/t24-,25+,34+,35-,36-,37-/m0/s1. The molecule has 58 heavy (non-hydrogen) atoms. The second-order valence-corrected chi connectivity index (χ2v) is 15.2. The number of nitrogens with one attached hydrogen (secondary N) is 4. The largest absolute Gasteiger partial charge is 0.453 e. The number of fused-ring (bicyclic) bond motifs is 2. The van der Waals surface area contributed by atoms with E-state index in [9.17, 15) is 19.2 Å². The Hall–Kier alpha value is -5.96. The van der Waals surface area contributed by atoms with Gasteiger partial charge >= 0.3 is 12.2 Å². The molecule has 306 valence electrons. The Morgan fingerprint density at radius 2 is 1.33 bits per heavy atom. The number of carbonyl (C=O) groups is 4. The van der Waals surface area contributed by atoms with Crippen LogP contribution in [0.5, 0.6) is 0 Å². The molecule has 2 fully saturated rings. The van der Waals surface area contributed by atoms with Gasteiger partial charge in [-0.2, -0.15) is 0 Å². The molecule has 5 aromatic rings. The molecule has 6 atom stereocenters. The maximum Gasteiger partial charge on any atom is 0.407 e. The van der Waals surface area contributed by atoms with E-state index in [0.29, 0.717) is 18.9 Å². The van der Waals surface area contributed by atoms with E-state index >= 15 is 0 Å². The zero-order valence-corrected chi connectivity index (χ0v) is 33.8. The first-order valence-corrected chi connectivity index (χ1v) is 19.9. The number of aromatic amines is 2. The van der Waals surface area contributed by atoms with E-state index in [1.165, 1.54) is 21.3 Å². The molecule has 0 unspecified atom stereocenters. The van der Waals surface area contributed by atoms with Crippen LogP contribution in [0.3, 0.4) is 0 Å². The molecule has 2 aromatic heterocycles. The predicted octanol–water partition coefficient (Wildman–Crippen LogP) is 6.63. The number of hydrogen-bond donors (Lipinski definition) is 4. The summed E-state index contributed by atoms with van der Waals surface area (Å²) >= 11 is 0. The lowest BCUT2D eigenvalue weighted by Crippen LogP contribution is -2.54. The van der Waals surface area contributed by atoms with Crippen molar-refractivity contribution in [2.24, 2.45) is 5.92 Å². The Kier molecular flexibility index (Phi) is 12.0. The smallest absolute Gasteiger partial charge is 0.407 e. The second-order valence-electron chi connectivity index (χ2n) is 15.2. The lowest BCUT2D eigenvalue weighted by Gasteiger charge is -2.30. The molecule has 0 radical (unpaired) electrons. The Labute approximate surface area is 337 Å². The number of amides is 4. The number of methoxy groups -OCH3 is 3. The first-order valence-electron chi connectivity index (χ1n) is 19.9. The number of imidazole rings is 2. The highest BCUT2D eigenvalue weighted by Gasteiger charge is 2.40. The highest BCUT2D eigenvalue weighted by molar-refractivity contribution is 5.92. The Balaban J connectivity index is 1.07. The number of aromatic nitrogens is 4. The van der Waals surface area contributed by atoms with Crippen molar-refractivity contribution in [2.45, 2.75) is 83.1 Å². The predicted molar refractivity (Wildman–Crippen MR) is 219 cm³/mol. The van der Waals surface area contributed by atoms with E-state index in [-0.39, 0.29) is 29.8 Å². The van der Waals surface area contributed by atoms with E-state index < -0.39 is 30.4 Å². The number of rotatable bonds is 12. The number of benzene rings is 3. The highest BCUT2D eigenvalue weighted by atomic mass is 16.5. The van der Waals surface area contributed by atoms with Crippen LogP contribution in [-0.4, -0.2) is 106 Å². The Morgan fingerprint density at radius 1 is 0.759 bits per heavy atom. The molecule has 15 nitrogen and oxygen atoms in total. The quantitative estimate of drug-likeness (QED) is 0.108. The molecule has 4 heterocycles. The minimum Gasteiger partial charge on any atom is -0.453 e. The van der Waals surface area contributed by atoms with Gasteiger partial charge in [0, 0.05) is 25.8 Å². The molecule has 0 bridgehead atoms. The zero-order valence-electron chi connectivity index (χ0n) is 33.8. The van der Waals surface area contributed by atoms with Crippen molar-refractivity contribution in [1.82, 2.24) is 40.4 Å². The summed E-state index contributed by atoms with van der Waals surface area (Å²) in [6.45, 7) is 6.82. The first kappa shape index (κ1) is 40.2. The summed E-state index contributed by atoms with van der Waals surface area (Å²) < 4.78 is 15.0. The number of nitrogens with zero attached hydrogens (tertiary/aromatic N) is 4. The summed E-state index contributed by atoms with van der Waals surface area (Å²) in [5.74, 6) is 0.992. The first-order chi connectivity index (χ1) is 28.0. The van der Waals surface area contributed by atoms with Crippen LogP contribution in [-0.2, 0) is 23.8 Å². The molecule has 15 heteroatoms. The van der Waals surface area contributed by atoms with Gasteiger partial charge in [-0.05, 0) is 84.7 Å². The van der Waals surface area contributed by atoms with Crippen molar-refractivity contribution < 1.29 is 33.4 Å². The molecule has 0 saturated carbocycles. The van der Waals surface area contributed by atoms with E-state index in [2.05, 4.69) is 69.1 Å². The van der Waals surface area contributed by atoms with Crippen LogP contribution in [0.2, 0.25) is 0 Å². The summed E-state index contributed by atoms with van der Waals surface area (Å²) in [5, 5.41) is 7.53. The topological polar surface area (TPSA) is 184 Å². The maximum absolute atomic E-state index is 13.7. The molecule has 3 aromatic carbocycles. The van der Waals surface area contributed by atoms with Gasteiger partial charge in [-0.1, -0.05) is 50.6 Å². The van der Waals surface area contributed by atoms with Crippen LogP contribution < -0.4 is 10.6 Å². The van der Waals surface area contributed by atoms with Gasteiger partial charge in [0.25, 0.3) is 0 Å². The third kappa shape index (κ3) is 8.08. The number of hydrogen-bond acceptors (Lipinski definition) is 9. The normalized spacial score (nSPS) is 18.9. The summed E-state index contributed by atoms with van der Waals surface area (Å²) in [7, 11) is 4.06. The third-order valence-corrected chi connectivity index (χ3v) is 11.8. The summed E-state index contributed by atoms with van der Waals surface area (Å²) in [5.41, 5.74) is 5.58. The number of ether oxygens (including phenoxy) is 3. The van der Waals surface area contributed by atoms with Gasteiger partial charge in [-0.25, -0.2) is 19.6 Å². The molecule has 2 aliphatic rings. The van der Waals surface area contributed by atoms with Gasteiger partial charge in [0.2, 0.25) is 11.8 Å². The summed E-state index contributed by atoms with van der Waals surface area (Å²) in [6.07, 6.45) is 3.85. The number of alkyl carbamates (subject to hydrolysis) is 2. The van der Waals surface area contributed by atoms with E-state index in [0.717, 1.165) is 82.1 Å². The average molecular weight is 793 g/mol. The molecule has 7 rings (SSSR count). The number of carbonyl (C=O) groups excluding carboxylic acids is 4. The van der Waals surface area contributed by atoms with Gasteiger partial charge in [0.1, 0.15) is 23.7 Å². The van der Waals surface area contributed by atoms with Crippen LogP contribution in [0, 0.1) is 5.92 Å². The molecular formula is C43H52N8O7. The van der Waals surface area contributed by atoms with Gasteiger partial charge in [0.15, 0.2) is 0 Å². The maximum atomic E-state index is 13.7. The van der Waals surface area contributed by atoms with E-state index in [4.69, 9.17) is 24.2 Å². The van der Waals surface area contributed by atoms with Gasteiger partial charge in [-0.3, -0.25) is 9.59 Å². The highest BCUT2D eigenvalue weighted by Crippen LogP contribution is 2.36. The summed E-state index contributed by atoms with van der Waals surface area (Å²) in [6, 6.07) is 16.7. The molecule has 0 spiro atoms. The van der Waals surface area contributed by atoms with Gasteiger partial charge in [-0.15, -0.1) is 0 Å². The number of likely N-dealkylation sites (tertiary alicyclic amines) is 2. The molecule has 0 aliphatic carbocycles. The lowest BCUT2D eigenvalue weighted by atomic mass is 9.97. The lowest BCUT2D eigenvalue weighted by molar-refractivity contribution is -0.137. The molecular weight excluding hydrogens is 741 g/mol. The van der Waals surface area contributed by atoms with E-state index in [1.807, 2.05) is 31.0 Å².